The Hall–Kier alpha value is -0.870. The van der Waals surface area contributed by atoms with Crippen LogP contribution in [0.4, 0.5) is 0 Å². The fourth-order valence-corrected chi connectivity index (χ4v) is 2.70. The third-order valence-electron chi connectivity index (χ3n) is 3.23. The molecule has 2 N–H and O–H groups in total. The average molecular weight is 297 g/mol. The van der Waals surface area contributed by atoms with Crippen LogP contribution in [-0.2, 0) is 0 Å². The first-order valence-electron chi connectivity index (χ1n) is 5.99. The second-order valence-corrected chi connectivity index (χ2v) is 5.31. The van der Waals surface area contributed by atoms with Crippen LogP contribution < -0.4 is 5.73 Å². The maximum absolute atomic E-state index is 12.4. The maximum atomic E-state index is 12.4. The third-order valence-corrected chi connectivity index (χ3v) is 3.72. The average Bonchev–Trinajstić information content (AvgIpc) is 2.38. The van der Waals surface area contributed by atoms with Crippen molar-refractivity contribution in [3.05, 3.63) is 34.3 Å². The zero-order valence-corrected chi connectivity index (χ0v) is 11.3. The molecule has 3 nitrogen and oxygen atoms in total. The van der Waals surface area contributed by atoms with Crippen LogP contribution in [0, 0.1) is 0 Å². The van der Waals surface area contributed by atoms with Gasteiger partial charge in [0.2, 0.25) is 0 Å². The number of carbonyl (C=O) groups excluding carboxylic acids is 1. The second kappa shape index (κ2) is 5.65. The van der Waals surface area contributed by atoms with Crippen molar-refractivity contribution >= 4 is 21.8 Å². The first-order valence-corrected chi connectivity index (χ1v) is 6.78. The van der Waals surface area contributed by atoms with Crippen molar-refractivity contribution in [3.63, 3.8) is 0 Å². The second-order valence-electron chi connectivity index (χ2n) is 4.39. The largest absolute Gasteiger partial charge is 0.334 e. The lowest BCUT2D eigenvalue weighted by Crippen LogP contribution is -2.47. The predicted octanol–water partition coefficient (Wildman–Crippen LogP) is 2.40. The highest BCUT2D eigenvalue weighted by Gasteiger charge is 2.26. The van der Waals surface area contributed by atoms with Crippen molar-refractivity contribution in [2.45, 2.75) is 25.3 Å². The van der Waals surface area contributed by atoms with Crippen LogP contribution in [0.5, 0.6) is 0 Å². The minimum atomic E-state index is 0.0986. The smallest absolute Gasteiger partial charge is 0.254 e. The van der Waals surface area contributed by atoms with Crippen LogP contribution in [0.2, 0.25) is 0 Å². The van der Waals surface area contributed by atoms with Gasteiger partial charge >= 0.3 is 0 Å². The van der Waals surface area contributed by atoms with E-state index in [1.54, 1.807) is 0 Å². The summed E-state index contributed by atoms with van der Waals surface area (Å²) in [4.78, 5) is 14.3. The molecular formula is C13H17BrN2O. The van der Waals surface area contributed by atoms with Crippen LogP contribution in [0.15, 0.2) is 28.7 Å². The lowest BCUT2D eigenvalue weighted by atomic mass is 10.0. The summed E-state index contributed by atoms with van der Waals surface area (Å²) >= 11 is 3.39. The minimum Gasteiger partial charge on any atom is -0.334 e. The van der Waals surface area contributed by atoms with E-state index < -0.39 is 0 Å². The fourth-order valence-electron chi connectivity index (χ4n) is 2.30. The van der Waals surface area contributed by atoms with E-state index in [1.807, 2.05) is 29.2 Å². The van der Waals surface area contributed by atoms with Gasteiger partial charge in [-0.2, -0.15) is 0 Å². The van der Waals surface area contributed by atoms with Gasteiger partial charge in [-0.15, -0.1) is 0 Å². The zero-order valence-electron chi connectivity index (χ0n) is 9.73. The standard InChI is InChI=1S/C13H17BrN2O/c14-11-5-3-4-10(8-11)13(17)16-7-2-1-6-12(16)9-15/h3-5,8,12H,1-2,6-7,9,15H2/t12-/m0/s1. The molecule has 1 heterocycles. The van der Waals surface area contributed by atoms with Crippen LogP contribution in [0.25, 0.3) is 0 Å². The highest BCUT2D eigenvalue weighted by molar-refractivity contribution is 9.10. The summed E-state index contributed by atoms with van der Waals surface area (Å²) in [7, 11) is 0. The molecule has 17 heavy (non-hydrogen) atoms. The highest BCUT2D eigenvalue weighted by Crippen LogP contribution is 2.20. The molecule has 4 heteroatoms. The van der Waals surface area contributed by atoms with Crippen molar-refractivity contribution in [3.8, 4) is 0 Å². The van der Waals surface area contributed by atoms with E-state index in [2.05, 4.69) is 15.9 Å². The number of carbonyl (C=O) groups is 1. The van der Waals surface area contributed by atoms with Crippen molar-refractivity contribution in [2.75, 3.05) is 13.1 Å². The third kappa shape index (κ3) is 2.87. The monoisotopic (exact) mass is 296 g/mol. The molecule has 0 unspecified atom stereocenters. The van der Waals surface area contributed by atoms with Gasteiger partial charge in [0.05, 0.1) is 0 Å². The molecule has 0 bridgehead atoms. The Bertz CT molecular complexity index is 408. The molecular weight excluding hydrogens is 280 g/mol. The van der Waals surface area contributed by atoms with Crippen molar-refractivity contribution in [1.29, 1.82) is 0 Å². The van der Waals surface area contributed by atoms with Crippen LogP contribution in [0.1, 0.15) is 29.6 Å². The first-order chi connectivity index (χ1) is 8.22. The number of nitrogens with two attached hydrogens (primary N) is 1. The molecule has 0 radical (unpaired) electrons. The molecule has 1 amide bonds. The van der Waals surface area contributed by atoms with Crippen molar-refractivity contribution < 1.29 is 4.79 Å². The summed E-state index contributed by atoms with van der Waals surface area (Å²) < 4.78 is 0.935. The van der Waals surface area contributed by atoms with E-state index >= 15 is 0 Å². The van der Waals surface area contributed by atoms with Gasteiger partial charge < -0.3 is 10.6 Å². The Morgan fingerprint density at radius 1 is 1.47 bits per heavy atom. The molecule has 0 aromatic heterocycles. The lowest BCUT2D eigenvalue weighted by molar-refractivity contribution is 0.0623. The number of hydrogen-bond donors (Lipinski definition) is 1. The predicted molar refractivity (Wildman–Crippen MR) is 71.9 cm³/mol. The number of nitrogens with zero attached hydrogens (tertiary/aromatic N) is 1. The van der Waals surface area contributed by atoms with Crippen LogP contribution in [-0.4, -0.2) is 29.9 Å². The molecule has 2 rings (SSSR count). The van der Waals surface area contributed by atoms with Gasteiger partial charge in [-0.3, -0.25) is 4.79 Å². The minimum absolute atomic E-state index is 0.0986. The topological polar surface area (TPSA) is 46.3 Å². The van der Waals surface area contributed by atoms with Gasteiger partial charge in [0.15, 0.2) is 0 Å². The Labute approximate surface area is 110 Å². The Morgan fingerprint density at radius 3 is 3.00 bits per heavy atom. The first kappa shape index (κ1) is 12.6. The molecule has 1 fully saturated rings. The number of hydrogen-bond acceptors (Lipinski definition) is 2. The zero-order chi connectivity index (χ0) is 12.3. The number of amides is 1. The van der Waals surface area contributed by atoms with Crippen LogP contribution >= 0.6 is 15.9 Å². The summed E-state index contributed by atoms with van der Waals surface area (Å²) in [5.41, 5.74) is 6.47. The van der Waals surface area contributed by atoms with Gasteiger partial charge in [-0.1, -0.05) is 22.0 Å². The molecule has 92 valence electrons. The summed E-state index contributed by atoms with van der Waals surface area (Å²) in [6.07, 6.45) is 3.27. The van der Waals surface area contributed by atoms with E-state index in [9.17, 15) is 4.79 Å². The fraction of sp³-hybridized carbons (Fsp3) is 0.462. The molecule has 0 spiro atoms. The molecule has 1 saturated heterocycles. The number of likely N-dealkylation sites (tertiary alicyclic amines) is 1. The molecule has 0 saturated carbocycles. The maximum Gasteiger partial charge on any atom is 0.254 e. The molecule has 1 aromatic rings. The molecule has 1 aliphatic rings. The van der Waals surface area contributed by atoms with E-state index in [0.717, 1.165) is 29.4 Å². The number of piperidine rings is 1. The van der Waals surface area contributed by atoms with E-state index in [0.29, 0.717) is 6.54 Å². The van der Waals surface area contributed by atoms with E-state index in [4.69, 9.17) is 5.73 Å². The van der Waals surface area contributed by atoms with Crippen LogP contribution in [0.3, 0.4) is 0 Å². The van der Waals surface area contributed by atoms with Gasteiger partial charge in [0, 0.05) is 29.2 Å². The highest BCUT2D eigenvalue weighted by atomic mass is 79.9. The lowest BCUT2D eigenvalue weighted by Gasteiger charge is -2.35. The van der Waals surface area contributed by atoms with Gasteiger partial charge in [-0.05, 0) is 37.5 Å². The Kier molecular flexibility index (Phi) is 4.18. The summed E-state index contributed by atoms with van der Waals surface area (Å²) in [6, 6.07) is 7.74. The summed E-state index contributed by atoms with van der Waals surface area (Å²) in [5.74, 6) is 0.0986. The van der Waals surface area contributed by atoms with E-state index in [-0.39, 0.29) is 11.9 Å². The van der Waals surface area contributed by atoms with Crippen molar-refractivity contribution in [1.82, 2.24) is 4.90 Å². The Morgan fingerprint density at radius 2 is 2.29 bits per heavy atom. The van der Waals surface area contributed by atoms with Gasteiger partial charge in [-0.25, -0.2) is 0 Å². The number of rotatable bonds is 2. The molecule has 1 atom stereocenters. The molecule has 1 aromatic carbocycles. The molecule has 0 aliphatic carbocycles. The van der Waals surface area contributed by atoms with Gasteiger partial charge in [0.25, 0.3) is 5.91 Å². The number of benzene rings is 1. The quantitative estimate of drug-likeness (QED) is 0.911. The summed E-state index contributed by atoms with van der Waals surface area (Å²) in [5, 5.41) is 0. The van der Waals surface area contributed by atoms with E-state index in [1.165, 1.54) is 6.42 Å². The SMILES string of the molecule is NC[C@@H]1CCCCN1C(=O)c1cccc(Br)c1. The summed E-state index contributed by atoms with van der Waals surface area (Å²) in [6.45, 7) is 1.38. The Balaban J connectivity index is 2.18. The van der Waals surface area contributed by atoms with Gasteiger partial charge in [0.1, 0.15) is 0 Å². The molecule has 1 aliphatic heterocycles. The normalized spacial score (nSPS) is 20.4. The van der Waals surface area contributed by atoms with Crippen molar-refractivity contribution in [2.24, 2.45) is 5.73 Å². The number of halogens is 1.